The Morgan fingerprint density at radius 1 is 1.43 bits per heavy atom. The zero-order chi connectivity index (χ0) is 9.80. The fourth-order valence-electron chi connectivity index (χ4n) is 1.61. The summed E-state index contributed by atoms with van der Waals surface area (Å²) in [4.78, 5) is 0. The Kier molecular flexibility index (Phi) is 3.49. The SMILES string of the molecule is Cc1cccc(CSCC2CNC2)c1. The molecule has 0 bridgehead atoms. The third-order valence-electron chi connectivity index (χ3n) is 2.57. The van der Waals surface area contributed by atoms with E-state index in [0.29, 0.717) is 0 Å². The van der Waals surface area contributed by atoms with Crippen LogP contribution in [-0.4, -0.2) is 18.8 Å². The van der Waals surface area contributed by atoms with E-state index in [1.165, 1.54) is 30.0 Å². The van der Waals surface area contributed by atoms with Gasteiger partial charge in [-0.3, -0.25) is 0 Å². The van der Waals surface area contributed by atoms with E-state index < -0.39 is 0 Å². The Balaban J connectivity index is 1.74. The minimum atomic E-state index is 0.921. The van der Waals surface area contributed by atoms with Gasteiger partial charge in [-0.2, -0.15) is 11.8 Å². The first-order valence-corrected chi connectivity index (χ1v) is 6.34. The summed E-state index contributed by atoms with van der Waals surface area (Å²) < 4.78 is 0. The molecule has 0 amide bonds. The van der Waals surface area contributed by atoms with Gasteiger partial charge in [-0.1, -0.05) is 29.8 Å². The highest BCUT2D eigenvalue weighted by atomic mass is 32.2. The van der Waals surface area contributed by atoms with E-state index in [-0.39, 0.29) is 0 Å². The maximum Gasteiger partial charge on any atom is 0.0184 e. The summed E-state index contributed by atoms with van der Waals surface area (Å²) in [6, 6.07) is 8.81. The summed E-state index contributed by atoms with van der Waals surface area (Å²) in [5, 5.41) is 3.31. The maximum atomic E-state index is 3.31. The number of rotatable bonds is 4. The molecule has 1 nitrogen and oxygen atoms in total. The van der Waals surface area contributed by atoms with Gasteiger partial charge in [0, 0.05) is 5.75 Å². The lowest BCUT2D eigenvalue weighted by molar-refractivity contribution is 0.385. The van der Waals surface area contributed by atoms with Crippen LogP contribution in [0.4, 0.5) is 0 Å². The quantitative estimate of drug-likeness (QED) is 0.814. The van der Waals surface area contributed by atoms with Crippen LogP contribution in [0.25, 0.3) is 0 Å². The second-order valence-electron chi connectivity index (χ2n) is 4.03. The first kappa shape index (κ1) is 10.1. The minimum absolute atomic E-state index is 0.921. The van der Waals surface area contributed by atoms with Crippen molar-refractivity contribution < 1.29 is 0 Å². The Hall–Kier alpha value is -0.470. The molecule has 1 aromatic carbocycles. The molecule has 0 aliphatic carbocycles. The van der Waals surface area contributed by atoms with Crippen molar-refractivity contribution in [1.29, 1.82) is 0 Å². The third kappa shape index (κ3) is 2.76. The van der Waals surface area contributed by atoms with Crippen molar-refractivity contribution in [3.8, 4) is 0 Å². The highest BCUT2D eigenvalue weighted by molar-refractivity contribution is 7.98. The van der Waals surface area contributed by atoms with Crippen molar-refractivity contribution in [2.45, 2.75) is 12.7 Å². The smallest absolute Gasteiger partial charge is 0.0184 e. The normalized spacial score (nSPS) is 16.6. The van der Waals surface area contributed by atoms with Gasteiger partial charge in [-0.25, -0.2) is 0 Å². The van der Waals surface area contributed by atoms with Gasteiger partial charge in [0.05, 0.1) is 0 Å². The molecule has 1 heterocycles. The van der Waals surface area contributed by atoms with E-state index in [0.717, 1.165) is 11.7 Å². The second kappa shape index (κ2) is 4.85. The Morgan fingerprint density at radius 2 is 2.29 bits per heavy atom. The zero-order valence-corrected chi connectivity index (χ0v) is 9.44. The molecule has 1 N–H and O–H groups in total. The average molecular weight is 207 g/mol. The van der Waals surface area contributed by atoms with Crippen LogP contribution in [0.2, 0.25) is 0 Å². The lowest BCUT2D eigenvalue weighted by atomic mass is 10.1. The van der Waals surface area contributed by atoms with Crippen LogP contribution in [0, 0.1) is 12.8 Å². The standard InChI is InChI=1S/C12H17NS/c1-10-3-2-4-11(5-10)8-14-9-12-6-13-7-12/h2-5,12-13H,6-9H2,1H3. The van der Waals surface area contributed by atoms with Gasteiger partial charge in [0.25, 0.3) is 0 Å². The van der Waals surface area contributed by atoms with Gasteiger partial charge in [-0.15, -0.1) is 0 Å². The van der Waals surface area contributed by atoms with Gasteiger partial charge in [0.2, 0.25) is 0 Å². The van der Waals surface area contributed by atoms with Gasteiger partial charge in [0.15, 0.2) is 0 Å². The summed E-state index contributed by atoms with van der Waals surface area (Å²) in [7, 11) is 0. The van der Waals surface area contributed by atoms with Crippen LogP contribution in [0.5, 0.6) is 0 Å². The monoisotopic (exact) mass is 207 g/mol. The van der Waals surface area contributed by atoms with Crippen LogP contribution >= 0.6 is 11.8 Å². The van der Waals surface area contributed by atoms with E-state index in [1.54, 1.807) is 0 Å². The fraction of sp³-hybridized carbons (Fsp3) is 0.500. The van der Waals surface area contributed by atoms with E-state index in [4.69, 9.17) is 0 Å². The Labute approximate surface area is 90.3 Å². The van der Waals surface area contributed by atoms with E-state index in [2.05, 4.69) is 48.3 Å². The highest BCUT2D eigenvalue weighted by Gasteiger charge is 2.15. The van der Waals surface area contributed by atoms with Crippen LogP contribution in [0.1, 0.15) is 11.1 Å². The molecular weight excluding hydrogens is 190 g/mol. The van der Waals surface area contributed by atoms with Crippen LogP contribution in [0.3, 0.4) is 0 Å². The Morgan fingerprint density at radius 3 is 2.93 bits per heavy atom. The van der Waals surface area contributed by atoms with Crippen molar-refractivity contribution >= 4 is 11.8 Å². The third-order valence-corrected chi connectivity index (χ3v) is 3.82. The maximum absolute atomic E-state index is 3.31. The second-order valence-corrected chi connectivity index (χ2v) is 5.06. The molecule has 1 aliphatic rings. The predicted molar refractivity (Wildman–Crippen MR) is 63.7 cm³/mol. The molecule has 1 saturated heterocycles. The largest absolute Gasteiger partial charge is 0.316 e. The first-order valence-electron chi connectivity index (χ1n) is 5.18. The molecule has 76 valence electrons. The van der Waals surface area contributed by atoms with Crippen molar-refractivity contribution in [3.63, 3.8) is 0 Å². The van der Waals surface area contributed by atoms with Crippen molar-refractivity contribution in [2.24, 2.45) is 5.92 Å². The van der Waals surface area contributed by atoms with Gasteiger partial charge < -0.3 is 5.32 Å². The summed E-state index contributed by atoms with van der Waals surface area (Å²) in [6.07, 6.45) is 0. The number of hydrogen-bond donors (Lipinski definition) is 1. The molecule has 1 fully saturated rings. The molecule has 14 heavy (non-hydrogen) atoms. The van der Waals surface area contributed by atoms with Crippen LogP contribution in [0.15, 0.2) is 24.3 Å². The highest BCUT2D eigenvalue weighted by Crippen LogP contribution is 2.18. The number of nitrogens with one attached hydrogen (secondary N) is 1. The predicted octanol–water partition coefficient (Wildman–Crippen LogP) is 2.45. The summed E-state index contributed by atoms with van der Waals surface area (Å²) in [6.45, 7) is 4.60. The van der Waals surface area contributed by atoms with Crippen molar-refractivity contribution in [1.82, 2.24) is 5.32 Å². The Bertz CT molecular complexity index is 294. The molecule has 2 heteroatoms. The molecule has 0 saturated carbocycles. The van der Waals surface area contributed by atoms with Crippen molar-refractivity contribution in [2.75, 3.05) is 18.8 Å². The van der Waals surface area contributed by atoms with E-state index in [9.17, 15) is 0 Å². The first-order chi connectivity index (χ1) is 6.84. The number of hydrogen-bond acceptors (Lipinski definition) is 2. The molecule has 0 unspecified atom stereocenters. The van der Waals surface area contributed by atoms with Gasteiger partial charge in [0.1, 0.15) is 0 Å². The average Bonchev–Trinajstić information content (AvgIpc) is 2.09. The molecule has 1 aliphatic heterocycles. The molecule has 1 aromatic rings. The van der Waals surface area contributed by atoms with E-state index in [1.807, 2.05) is 0 Å². The molecule has 0 radical (unpaired) electrons. The van der Waals surface area contributed by atoms with Gasteiger partial charge >= 0.3 is 0 Å². The van der Waals surface area contributed by atoms with Crippen LogP contribution < -0.4 is 5.32 Å². The topological polar surface area (TPSA) is 12.0 Å². The lowest BCUT2D eigenvalue weighted by Crippen LogP contribution is -2.43. The zero-order valence-electron chi connectivity index (χ0n) is 8.62. The van der Waals surface area contributed by atoms with Crippen molar-refractivity contribution in [3.05, 3.63) is 35.4 Å². The summed E-state index contributed by atoms with van der Waals surface area (Å²) in [5.74, 6) is 3.39. The lowest BCUT2D eigenvalue weighted by Gasteiger charge is -2.26. The van der Waals surface area contributed by atoms with Crippen LogP contribution in [-0.2, 0) is 5.75 Å². The number of benzene rings is 1. The minimum Gasteiger partial charge on any atom is -0.316 e. The molecule has 0 aromatic heterocycles. The molecule has 2 rings (SSSR count). The number of aryl methyl sites for hydroxylation is 1. The van der Waals surface area contributed by atoms with Gasteiger partial charge in [-0.05, 0) is 37.2 Å². The molecule has 0 atom stereocenters. The number of thioether (sulfide) groups is 1. The van der Waals surface area contributed by atoms with E-state index >= 15 is 0 Å². The summed E-state index contributed by atoms with van der Waals surface area (Å²) in [5.41, 5.74) is 2.83. The summed E-state index contributed by atoms with van der Waals surface area (Å²) >= 11 is 2.06. The molecule has 0 spiro atoms. The fourth-order valence-corrected chi connectivity index (χ4v) is 2.71. The molecular formula is C12H17NS.